The maximum absolute atomic E-state index is 12.8. The number of nitrogens with zero attached hydrogens (tertiary/aromatic N) is 1. The third kappa shape index (κ3) is 5.69. The molecular weight excluding hydrogens is 396 g/mol. The lowest BCUT2D eigenvalue weighted by Gasteiger charge is -2.39. The molecule has 1 aliphatic rings. The third-order valence-electron chi connectivity index (χ3n) is 5.66. The Kier molecular flexibility index (Phi) is 7.76. The van der Waals surface area contributed by atoms with Gasteiger partial charge in [-0.2, -0.15) is 0 Å². The van der Waals surface area contributed by atoms with E-state index in [0.29, 0.717) is 57.0 Å². The van der Waals surface area contributed by atoms with Crippen molar-refractivity contribution in [2.75, 3.05) is 38.7 Å². The normalized spacial score (nSPS) is 15.1. The van der Waals surface area contributed by atoms with E-state index in [1.165, 1.54) is 0 Å². The first kappa shape index (κ1) is 22.5. The van der Waals surface area contributed by atoms with Gasteiger partial charge in [-0.05, 0) is 50.5 Å². The van der Waals surface area contributed by atoms with Crippen LogP contribution in [0.25, 0.3) is 0 Å². The molecule has 0 saturated carbocycles. The fourth-order valence-corrected chi connectivity index (χ4v) is 3.80. The highest BCUT2D eigenvalue weighted by molar-refractivity contribution is 5.91. The smallest absolute Gasteiger partial charge is 0.321 e. The van der Waals surface area contributed by atoms with Crippen molar-refractivity contribution in [2.24, 2.45) is 5.41 Å². The summed E-state index contributed by atoms with van der Waals surface area (Å²) in [7, 11) is 1.57. The number of anilines is 1. The number of carbonyl (C=O) groups excluding carboxylic acids is 2. The molecule has 1 saturated heterocycles. The molecule has 2 aromatic carbocycles. The van der Waals surface area contributed by atoms with Gasteiger partial charge in [0.2, 0.25) is 0 Å². The Hall–Kier alpha value is -3.22. The summed E-state index contributed by atoms with van der Waals surface area (Å²) in [5, 5.41) is 2.90. The monoisotopic (exact) mass is 426 g/mol. The molecule has 1 N–H and O–H groups in total. The fourth-order valence-electron chi connectivity index (χ4n) is 3.80. The van der Waals surface area contributed by atoms with Crippen LogP contribution in [-0.4, -0.2) is 50.3 Å². The van der Waals surface area contributed by atoms with E-state index in [9.17, 15) is 9.59 Å². The molecule has 2 aromatic rings. The SMILES string of the molecule is CCOC(=O)C1(CCOc2ccccc2)CCN(C(=O)Nc2ccccc2OC)CC1. The van der Waals surface area contributed by atoms with Crippen molar-refractivity contribution in [3.63, 3.8) is 0 Å². The molecule has 166 valence electrons. The Morgan fingerprint density at radius 2 is 1.71 bits per heavy atom. The summed E-state index contributed by atoms with van der Waals surface area (Å²) in [6, 6.07) is 16.6. The molecule has 1 heterocycles. The Morgan fingerprint density at radius 1 is 1.03 bits per heavy atom. The van der Waals surface area contributed by atoms with Crippen molar-refractivity contribution >= 4 is 17.7 Å². The predicted molar refractivity (Wildman–Crippen MR) is 118 cm³/mol. The van der Waals surface area contributed by atoms with Gasteiger partial charge in [-0.3, -0.25) is 4.79 Å². The predicted octanol–water partition coefficient (Wildman–Crippen LogP) is 4.34. The quantitative estimate of drug-likeness (QED) is 0.636. The van der Waals surface area contributed by atoms with Gasteiger partial charge >= 0.3 is 12.0 Å². The first-order valence-electron chi connectivity index (χ1n) is 10.6. The number of nitrogens with one attached hydrogen (secondary N) is 1. The molecule has 0 atom stereocenters. The van der Waals surface area contributed by atoms with Crippen LogP contribution in [0, 0.1) is 5.41 Å². The highest BCUT2D eigenvalue weighted by atomic mass is 16.5. The summed E-state index contributed by atoms with van der Waals surface area (Å²) < 4.78 is 16.5. The van der Waals surface area contributed by atoms with E-state index >= 15 is 0 Å². The number of rotatable bonds is 8. The van der Waals surface area contributed by atoms with Crippen molar-refractivity contribution in [3.8, 4) is 11.5 Å². The van der Waals surface area contributed by atoms with Crippen molar-refractivity contribution in [2.45, 2.75) is 26.2 Å². The Bertz CT molecular complexity index is 863. The van der Waals surface area contributed by atoms with Crippen molar-refractivity contribution < 1.29 is 23.8 Å². The largest absolute Gasteiger partial charge is 0.495 e. The van der Waals surface area contributed by atoms with Gasteiger partial charge in [-0.15, -0.1) is 0 Å². The number of urea groups is 1. The first-order chi connectivity index (χ1) is 15.1. The molecule has 0 bridgehead atoms. The molecule has 1 aliphatic heterocycles. The number of piperidine rings is 1. The zero-order chi connectivity index (χ0) is 22.1. The lowest BCUT2D eigenvalue weighted by molar-refractivity contribution is -0.159. The summed E-state index contributed by atoms with van der Waals surface area (Å²) >= 11 is 0. The van der Waals surface area contributed by atoms with Gasteiger partial charge < -0.3 is 24.4 Å². The molecule has 0 aliphatic carbocycles. The summed E-state index contributed by atoms with van der Waals surface area (Å²) in [4.78, 5) is 27.3. The van der Waals surface area contributed by atoms with Crippen LogP contribution < -0.4 is 14.8 Å². The Morgan fingerprint density at radius 3 is 2.39 bits per heavy atom. The van der Waals surface area contributed by atoms with Gasteiger partial charge in [0.1, 0.15) is 11.5 Å². The summed E-state index contributed by atoms with van der Waals surface area (Å²) in [5.74, 6) is 1.17. The number of hydrogen-bond donors (Lipinski definition) is 1. The maximum Gasteiger partial charge on any atom is 0.321 e. The van der Waals surface area contributed by atoms with Gasteiger partial charge in [0.25, 0.3) is 0 Å². The summed E-state index contributed by atoms with van der Waals surface area (Å²) in [6.45, 7) is 3.48. The minimum Gasteiger partial charge on any atom is -0.495 e. The molecule has 2 amide bonds. The number of methoxy groups -OCH3 is 1. The number of benzene rings is 2. The summed E-state index contributed by atoms with van der Waals surface area (Å²) in [5.41, 5.74) is -0.0278. The lowest BCUT2D eigenvalue weighted by atomic mass is 9.76. The molecule has 3 rings (SSSR count). The van der Waals surface area contributed by atoms with E-state index in [0.717, 1.165) is 5.75 Å². The average Bonchev–Trinajstić information content (AvgIpc) is 2.80. The van der Waals surface area contributed by atoms with Crippen molar-refractivity contribution in [1.82, 2.24) is 4.90 Å². The minimum absolute atomic E-state index is 0.206. The van der Waals surface area contributed by atoms with Crippen molar-refractivity contribution in [1.29, 1.82) is 0 Å². The van der Waals surface area contributed by atoms with Gasteiger partial charge in [0.05, 0.1) is 31.4 Å². The standard InChI is InChI=1S/C24H30N2O5/c1-3-30-22(27)24(15-18-31-19-9-5-4-6-10-19)13-16-26(17-14-24)23(28)25-20-11-7-8-12-21(20)29-2/h4-12H,3,13-18H2,1-2H3,(H,25,28). The number of amides is 2. The van der Waals surface area contributed by atoms with Gasteiger partial charge in [-0.25, -0.2) is 4.79 Å². The van der Waals surface area contributed by atoms with E-state index in [2.05, 4.69) is 5.32 Å². The second-order valence-electron chi connectivity index (χ2n) is 7.53. The minimum atomic E-state index is -0.647. The molecule has 0 aromatic heterocycles. The van der Waals surface area contributed by atoms with Crippen LogP contribution in [0.3, 0.4) is 0 Å². The average molecular weight is 427 g/mol. The van der Waals surface area contributed by atoms with Crippen LogP contribution in [0.1, 0.15) is 26.2 Å². The van der Waals surface area contributed by atoms with Gasteiger partial charge in [0.15, 0.2) is 0 Å². The Balaban J connectivity index is 1.60. The number of likely N-dealkylation sites (tertiary alicyclic amines) is 1. The van der Waals surface area contributed by atoms with Gasteiger partial charge in [0, 0.05) is 13.1 Å². The lowest BCUT2D eigenvalue weighted by Crippen LogP contribution is -2.49. The van der Waals surface area contributed by atoms with Crippen LogP contribution in [0.2, 0.25) is 0 Å². The zero-order valence-electron chi connectivity index (χ0n) is 18.1. The number of ether oxygens (including phenoxy) is 3. The highest BCUT2D eigenvalue weighted by Gasteiger charge is 2.43. The first-order valence-corrected chi connectivity index (χ1v) is 10.6. The fraction of sp³-hybridized carbons (Fsp3) is 0.417. The number of para-hydroxylation sites is 3. The maximum atomic E-state index is 12.8. The number of hydrogen-bond acceptors (Lipinski definition) is 5. The third-order valence-corrected chi connectivity index (χ3v) is 5.66. The molecular formula is C24H30N2O5. The van der Waals surface area contributed by atoms with E-state index in [1.807, 2.05) is 49.4 Å². The van der Waals surface area contributed by atoms with Crippen LogP contribution in [0.4, 0.5) is 10.5 Å². The summed E-state index contributed by atoms with van der Waals surface area (Å²) in [6.07, 6.45) is 1.61. The zero-order valence-corrected chi connectivity index (χ0v) is 18.1. The Labute approximate surface area is 183 Å². The number of esters is 1. The highest BCUT2D eigenvalue weighted by Crippen LogP contribution is 2.37. The van der Waals surface area contributed by atoms with Crippen molar-refractivity contribution in [3.05, 3.63) is 54.6 Å². The molecule has 7 nitrogen and oxygen atoms in total. The molecule has 1 fully saturated rings. The topological polar surface area (TPSA) is 77.1 Å². The molecule has 0 spiro atoms. The van der Waals surface area contributed by atoms with Crippen LogP contribution >= 0.6 is 0 Å². The molecule has 7 heteroatoms. The molecule has 0 radical (unpaired) electrons. The van der Waals surface area contributed by atoms with Crippen LogP contribution in [0.5, 0.6) is 11.5 Å². The molecule has 0 unspecified atom stereocenters. The van der Waals surface area contributed by atoms with Gasteiger partial charge in [-0.1, -0.05) is 30.3 Å². The van der Waals surface area contributed by atoms with E-state index in [-0.39, 0.29) is 12.0 Å². The van der Waals surface area contributed by atoms with E-state index in [4.69, 9.17) is 14.2 Å². The van der Waals surface area contributed by atoms with Crippen LogP contribution in [-0.2, 0) is 9.53 Å². The second kappa shape index (κ2) is 10.7. The van der Waals surface area contributed by atoms with Crippen LogP contribution in [0.15, 0.2) is 54.6 Å². The molecule has 31 heavy (non-hydrogen) atoms. The number of carbonyl (C=O) groups is 2. The second-order valence-corrected chi connectivity index (χ2v) is 7.53. The van der Waals surface area contributed by atoms with E-state index < -0.39 is 5.41 Å². The van der Waals surface area contributed by atoms with E-state index in [1.54, 1.807) is 24.1 Å².